The van der Waals surface area contributed by atoms with Gasteiger partial charge in [0.2, 0.25) is 0 Å². The van der Waals surface area contributed by atoms with Gasteiger partial charge in [0.1, 0.15) is 5.75 Å². The molecule has 0 N–H and O–H groups in total. The summed E-state index contributed by atoms with van der Waals surface area (Å²) < 4.78 is 8.40. The predicted octanol–water partition coefficient (Wildman–Crippen LogP) is 11.8. The van der Waals surface area contributed by atoms with Gasteiger partial charge in [-0.2, -0.15) is 10.5 Å². The second-order valence-electron chi connectivity index (χ2n) is 11.6. The van der Waals surface area contributed by atoms with E-state index < -0.39 is 0 Å². The summed E-state index contributed by atoms with van der Waals surface area (Å²) in [6, 6.07) is 35.7. The predicted molar refractivity (Wildman–Crippen MR) is 190 cm³/mol. The summed E-state index contributed by atoms with van der Waals surface area (Å²) in [6.45, 7) is 5.17. The van der Waals surface area contributed by atoms with Gasteiger partial charge in [-0.25, -0.2) is 0 Å². The molecule has 0 aliphatic rings. The molecule has 46 heavy (non-hydrogen) atoms. The summed E-state index contributed by atoms with van der Waals surface area (Å²) in [5.41, 5.74) is 7.67. The topological polar surface area (TPSA) is 61.7 Å². The molecule has 0 amide bonds. The standard InChI is InChI=1S/C40H33Cl2N3O/c1-3-5-6-26(4-2)25-46-32-17-15-31(16-18-32)45-39-21-37(41)33(29-11-7-27(23-43)8-12-29)19-35(39)36-20-34(38(42)22-40(36)45)30-13-9-28(24-44)10-14-30/h7-22,26H,3-6,25H2,1-2H3. The zero-order valence-electron chi connectivity index (χ0n) is 25.9. The normalized spacial score (nSPS) is 11.8. The van der Waals surface area contributed by atoms with Gasteiger partial charge in [0.15, 0.2) is 0 Å². The van der Waals surface area contributed by atoms with Crippen LogP contribution in [0.3, 0.4) is 0 Å². The summed E-state index contributed by atoms with van der Waals surface area (Å²) in [6.07, 6.45) is 4.71. The number of halogens is 2. The second-order valence-corrected chi connectivity index (χ2v) is 12.4. The molecule has 0 bridgehead atoms. The van der Waals surface area contributed by atoms with Crippen LogP contribution in [0.4, 0.5) is 0 Å². The number of fused-ring (bicyclic) bond motifs is 3. The number of nitriles is 2. The van der Waals surface area contributed by atoms with Crippen LogP contribution in [0.1, 0.15) is 50.7 Å². The first-order valence-corrected chi connectivity index (χ1v) is 16.4. The highest BCUT2D eigenvalue weighted by atomic mass is 35.5. The number of hydrogen-bond acceptors (Lipinski definition) is 3. The third kappa shape index (κ3) is 6.20. The largest absolute Gasteiger partial charge is 0.493 e. The van der Waals surface area contributed by atoms with Crippen LogP contribution in [0.25, 0.3) is 49.7 Å². The van der Waals surface area contributed by atoms with Gasteiger partial charge in [-0.15, -0.1) is 0 Å². The lowest BCUT2D eigenvalue weighted by Crippen LogP contribution is -2.11. The van der Waals surface area contributed by atoms with Gasteiger partial charge < -0.3 is 9.30 Å². The molecule has 0 saturated carbocycles. The van der Waals surface area contributed by atoms with E-state index in [1.807, 2.05) is 48.5 Å². The summed E-state index contributed by atoms with van der Waals surface area (Å²) in [5.74, 6) is 1.40. The summed E-state index contributed by atoms with van der Waals surface area (Å²) in [5, 5.41) is 21.9. The van der Waals surface area contributed by atoms with Crippen LogP contribution in [-0.2, 0) is 0 Å². The lowest BCUT2D eigenvalue weighted by molar-refractivity contribution is 0.233. The van der Waals surface area contributed by atoms with Crippen molar-refractivity contribution >= 4 is 45.0 Å². The monoisotopic (exact) mass is 641 g/mol. The van der Waals surface area contributed by atoms with E-state index in [1.54, 1.807) is 24.3 Å². The molecule has 0 saturated heterocycles. The van der Waals surface area contributed by atoms with Crippen molar-refractivity contribution in [1.82, 2.24) is 4.57 Å². The Hall–Kier alpha value is -4.74. The van der Waals surface area contributed by atoms with Gasteiger partial charge in [-0.1, -0.05) is 80.6 Å². The number of benzene rings is 5. The van der Waals surface area contributed by atoms with Crippen LogP contribution in [-0.4, -0.2) is 11.2 Å². The Bertz CT molecular complexity index is 1980. The van der Waals surface area contributed by atoms with E-state index in [4.69, 9.17) is 27.9 Å². The maximum absolute atomic E-state index is 9.30. The quantitative estimate of drug-likeness (QED) is 0.149. The molecule has 0 fully saturated rings. The molecule has 1 heterocycles. The zero-order chi connectivity index (χ0) is 32.2. The van der Waals surface area contributed by atoms with E-state index in [-0.39, 0.29) is 0 Å². The highest BCUT2D eigenvalue weighted by molar-refractivity contribution is 6.36. The second kappa shape index (κ2) is 13.7. The van der Waals surface area contributed by atoms with Crippen molar-refractivity contribution in [2.45, 2.75) is 39.5 Å². The molecule has 0 radical (unpaired) electrons. The maximum atomic E-state index is 9.30. The first-order chi connectivity index (χ1) is 22.4. The summed E-state index contributed by atoms with van der Waals surface area (Å²) in [4.78, 5) is 0. The van der Waals surface area contributed by atoms with E-state index in [2.05, 4.69) is 54.8 Å². The van der Waals surface area contributed by atoms with E-state index in [9.17, 15) is 10.5 Å². The third-order valence-corrected chi connectivity index (χ3v) is 9.34. The number of aromatic nitrogens is 1. The molecule has 6 rings (SSSR count). The van der Waals surface area contributed by atoms with Gasteiger partial charge in [-0.05, 0) is 96.3 Å². The zero-order valence-corrected chi connectivity index (χ0v) is 27.4. The van der Waals surface area contributed by atoms with E-state index in [0.717, 1.165) is 61.9 Å². The molecule has 4 nitrogen and oxygen atoms in total. The Balaban J connectivity index is 1.49. The Kier molecular flexibility index (Phi) is 9.32. The molecule has 0 aliphatic carbocycles. The highest BCUT2D eigenvalue weighted by Crippen LogP contribution is 2.42. The lowest BCUT2D eigenvalue weighted by atomic mass is 9.99. The number of ether oxygens (including phenoxy) is 1. The van der Waals surface area contributed by atoms with Crippen LogP contribution in [0.5, 0.6) is 5.75 Å². The van der Waals surface area contributed by atoms with Gasteiger partial charge >= 0.3 is 0 Å². The fourth-order valence-corrected chi connectivity index (χ4v) is 6.56. The van der Waals surface area contributed by atoms with Crippen molar-refractivity contribution in [3.8, 4) is 45.8 Å². The molecule has 1 unspecified atom stereocenters. The van der Waals surface area contributed by atoms with Crippen LogP contribution in [0, 0.1) is 28.6 Å². The number of rotatable bonds is 10. The maximum Gasteiger partial charge on any atom is 0.119 e. The first kappa shape index (κ1) is 31.3. The molecule has 0 spiro atoms. The van der Waals surface area contributed by atoms with E-state index in [0.29, 0.717) is 33.7 Å². The molecule has 6 aromatic rings. The fraction of sp³-hybridized carbons (Fsp3) is 0.200. The highest BCUT2D eigenvalue weighted by Gasteiger charge is 2.19. The van der Waals surface area contributed by atoms with Crippen LogP contribution < -0.4 is 4.74 Å². The van der Waals surface area contributed by atoms with Crippen molar-refractivity contribution in [1.29, 1.82) is 10.5 Å². The minimum absolute atomic E-state index is 0.553. The fourth-order valence-electron chi connectivity index (χ4n) is 6.03. The molecule has 0 aliphatic heterocycles. The van der Waals surface area contributed by atoms with Gasteiger partial charge in [-0.3, -0.25) is 0 Å². The Labute approximate surface area is 280 Å². The van der Waals surface area contributed by atoms with Gasteiger partial charge in [0, 0.05) is 27.6 Å². The minimum atomic E-state index is 0.553. The lowest BCUT2D eigenvalue weighted by Gasteiger charge is -2.16. The summed E-state index contributed by atoms with van der Waals surface area (Å²) >= 11 is 14.0. The number of unbranched alkanes of at least 4 members (excludes halogenated alkanes) is 1. The van der Waals surface area contributed by atoms with E-state index >= 15 is 0 Å². The van der Waals surface area contributed by atoms with Crippen LogP contribution in [0.2, 0.25) is 10.0 Å². The van der Waals surface area contributed by atoms with Crippen molar-refractivity contribution in [2.24, 2.45) is 5.92 Å². The van der Waals surface area contributed by atoms with Crippen LogP contribution in [0.15, 0.2) is 97.1 Å². The molecule has 1 aromatic heterocycles. The third-order valence-electron chi connectivity index (χ3n) is 8.72. The minimum Gasteiger partial charge on any atom is -0.493 e. The van der Waals surface area contributed by atoms with Gasteiger partial charge in [0.05, 0.1) is 51.0 Å². The average molecular weight is 643 g/mol. The summed E-state index contributed by atoms with van der Waals surface area (Å²) in [7, 11) is 0. The molecule has 5 aromatic carbocycles. The molecular weight excluding hydrogens is 609 g/mol. The van der Waals surface area contributed by atoms with Crippen molar-refractivity contribution in [3.05, 3.63) is 118 Å². The number of nitrogens with zero attached hydrogens (tertiary/aromatic N) is 3. The Morgan fingerprint density at radius 3 is 1.63 bits per heavy atom. The first-order valence-electron chi connectivity index (χ1n) is 15.7. The Morgan fingerprint density at radius 1 is 0.696 bits per heavy atom. The Morgan fingerprint density at radius 2 is 1.20 bits per heavy atom. The smallest absolute Gasteiger partial charge is 0.119 e. The molecule has 228 valence electrons. The van der Waals surface area contributed by atoms with E-state index in [1.165, 1.54) is 19.3 Å². The van der Waals surface area contributed by atoms with Crippen molar-refractivity contribution in [3.63, 3.8) is 0 Å². The van der Waals surface area contributed by atoms with Crippen molar-refractivity contribution < 1.29 is 4.74 Å². The average Bonchev–Trinajstić information content (AvgIpc) is 3.39. The number of hydrogen-bond donors (Lipinski definition) is 0. The molecule has 1 atom stereocenters. The van der Waals surface area contributed by atoms with Crippen molar-refractivity contribution in [2.75, 3.05) is 6.61 Å². The van der Waals surface area contributed by atoms with Gasteiger partial charge in [0.25, 0.3) is 0 Å². The van der Waals surface area contributed by atoms with Crippen LogP contribution >= 0.6 is 23.2 Å². The molecule has 6 heteroatoms. The molecular formula is C40H33Cl2N3O. The SMILES string of the molecule is CCCCC(CC)COc1ccc(-n2c3cc(Cl)c(-c4ccc(C#N)cc4)cc3c3cc(-c4ccc(C#N)cc4)c(Cl)cc32)cc1.